The summed E-state index contributed by atoms with van der Waals surface area (Å²) in [6, 6.07) is 7.70. The number of thioether (sulfide) groups is 1. The van der Waals surface area contributed by atoms with Crippen molar-refractivity contribution in [3.05, 3.63) is 57.2 Å². The predicted octanol–water partition coefficient (Wildman–Crippen LogP) is 4.15. The van der Waals surface area contributed by atoms with E-state index in [1.807, 2.05) is 42.0 Å². The Morgan fingerprint density at radius 3 is 2.64 bits per heavy atom. The minimum absolute atomic E-state index is 0.0573. The fourth-order valence-electron chi connectivity index (χ4n) is 3.67. The minimum Gasteiger partial charge on any atom is -0.469 e. The number of carbonyl (C=O) groups excluding carboxylic acids is 1. The van der Waals surface area contributed by atoms with Gasteiger partial charge in [-0.05, 0) is 43.0 Å². The van der Waals surface area contributed by atoms with Crippen LogP contribution >= 0.6 is 23.4 Å². The zero-order chi connectivity index (χ0) is 20.0. The summed E-state index contributed by atoms with van der Waals surface area (Å²) in [5, 5.41) is 9.45. The maximum atomic E-state index is 12.1. The van der Waals surface area contributed by atoms with E-state index in [0.29, 0.717) is 5.02 Å². The van der Waals surface area contributed by atoms with Crippen LogP contribution in [0.15, 0.2) is 57.0 Å². The van der Waals surface area contributed by atoms with E-state index in [9.17, 15) is 4.79 Å². The molecule has 0 aliphatic carbocycles. The maximum Gasteiger partial charge on any atom is 0.313 e. The number of hydrogen-bond acceptors (Lipinski definition) is 5. The largest absolute Gasteiger partial charge is 0.469 e. The number of hydrogen-bond donors (Lipinski definition) is 0. The van der Waals surface area contributed by atoms with Crippen LogP contribution in [-0.4, -0.2) is 45.2 Å². The van der Waals surface area contributed by atoms with Crippen molar-refractivity contribution in [2.24, 2.45) is 10.3 Å². The molecule has 28 heavy (non-hydrogen) atoms. The summed E-state index contributed by atoms with van der Waals surface area (Å²) >= 11 is 7.91. The van der Waals surface area contributed by atoms with Crippen molar-refractivity contribution in [3.63, 3.8) is 0 Å². The molecular formula is C20H21ClN4O2S+2. The lowest BCUT2D eigenvalue weighted by molar-refractivity contribution is -0.608. The maximum absolute atomic E-state index is 12.1. The quantitative estimate of drug-likeness (QED) is 0.549. The van der Waals surface area contributed by atoms with Crippen LogP contribution in [0.25, 0.3) is 0 Å². The minimum atomic E-state index is -0.307. The lowest BCUT2D eigenvalue weighted by Crippen LogP contribution is -2.41. The van der Waals surface area contributed by atoms with E-state index in [-0.39, 0.29) is 23.8 Å². The zero-order valence-electron chi connectivity index (χ0n) is 16.1. The Balaban J connectivity index is 1.95. The van der Waals surface area contributed by atoms with Crippen molar-refractivity contribution in [3.8, 4) is 0 Å². The highest BCUT2D eigenvalue weighted by Crippen LogP contribution is 2.41. The molecule has 8 heteroatoms. The Kier molecular flexibility index (Phi) is 4.97. The molecule has 0 spiro atoms. The van der Waals surface area contributed by atoms with Gasteiger partial charge in [0.15, 0.2) is 5.70 Å². The van der Waals surface area contributed by atoms with Crippen molar-refractivity contribution in [1.29, 1.82) is 0 Å². The third-order valence-electron chi connectivity index (χ3n) is 5.23. The molecular weight excluding hydrogens is 396 g/mol. The summed E-state index contributed by atoms with van der Waals surface area (Å²) in [4.78, 5) is 13.4. The molecule has 0 saturated carbocycles. The van der Waals surface area contributed by atoms with Gasteiger partial charge in [-0.1, -0.05) is 11.6 Å². The average molecular weight is 417 g/mol. The van der Waals surface area contributed by atoms with E-state index < -0.39 is 0 Å². The van der Waals surface area contributed by atoms with Crippen LogP contribution in [0.1, 0.15) is 32.8 Å². The van der Waals surface area contributed by atoms with Crippen LogP contribution in [-0.2, 0) is 9.53 Å². The summed E-state index contributed by atoms with van der Waals surface area (Å²) < 4.78 is 9.11. The molecule has 0 bridgehead atoms. The van der Waals surface area contributed by atoms with E-state index in [4.69, 9.17) is 16.3 Å². The first-order valence-corrected chi connectivity index (χ1v) is 10.2. The predicted molar refractivity (Wildman–Crippen MR) is 110 cm³/mol. The number of esters is 1. The molecule has 0 aromatic heterocycles. The van der Waals surface area contributed by atoms with Crippen LogP contribution in [0.3, 0.4) is 0 Å². The first-order chi connectivity index (χ1) is 13.4. The van der Waals surface area contributed by atoms with Gasteiger partial charge in [-0.3, -0.25) is 4.79 Å². The number of nitrogens with zero attached hydrogens (tertiary/aromatic N) is 4. The number of carbonyl (C=O) groups is 1. The average Bonchev–Trinajstić information content (AvgIpc) is 3.15. The fourth-order valence-corrected chi connectivity index (χ4v) is 5.24. The molecule has 3 aliphatic rings. The van der Waals surface area contributed by atoms with Gasteiger partial charge >= 0.3 is 5.97 Å². The topological polar surface area (TPSA) is 57.0 Å². The number of benzene rings is 1. The summed E-state index contributed by atoms with van der Waals surface area (Å²) in [6.07, 6.45) is 2.15. The summed E-state index contributed by atoms with van der Waals surface area (Å²) in [5.41, 5.74) is 4.93. The van der Waals surface area contributed by atoms with E-state index in [1.54, 1.807) is 11.8 Å². The first kappa shape index (κ1) is 19.1. The number of fused-ring (bicyclic) bond motifs is 3. The zero-order valence-corrected chi connectivity index (χ0v) is 17.7. The highest BCUT2D eigenvalue weighted by molar-refractivity contribution is 8.03. The van der Waals surface area contributed by atoms with Crippen LogP contribution in [0.4, 0.5) is 0 Å². The Bertz CT molecular complexity index is 1020. The molecule has 144 valence electrons. The molecule has 0 N–H and O–H groups in total. The number of ether oxygens (including phenoxy) is 1. The molecule has 1 aromatic rings. The van der Waals surface area contributed by atoms with Crippen molar-refractivity contribution in [1.82, 2.24) is 0 Å². The second-order valence-corrected chi connectivity index (χ2v) is 8.69. The third kappa shape index (κ3) is 3.12. The molecule has 3 heterocycles. The van der Waals surface area contributed by atoms with Gasteiger partial charge in [0.2, 0.25) is 11.4 Å². The number of methoxy groups -OCH3 is 1. The second kappa shape index (κ2) is 7.29. The Labute approximate surface area is 172 Å². The molecule has 6 nitrogen and oxygen atoms in total. The molecule has 0 amide bonds. The molecule has 4 rings (SSSR count). The molecule has 0 saturated heterocycles. The lowest BCUT2D eigenvalue weighted by atomic mass is 10.1. The molecule has 2 atom stereocenters. The van der Waals surface area contributed by atoms with Crippen molar-refractivity contribution >= 4 is 40.8 Å². The molecule has 0 radical (unpaired) electrons. The van der Waals surface area contributed by atoms with E-state index in [0.717, 1.165) is 22.7 Å². The summed E-state index contributed by atoms with van der Waals surface area (Å²) in [7, 11) is 1.40. The van der Waals surface area contributed by atoms with Gasteiger partial charge in [0.1, 0.15) is 17.3 Å². The van der Waals surface area contributed by atoms with Crippen molar-refractivity contribution < 1.29 is 18.8 Å². The van der Waals surface area contributed by atoms with Crippen LogP contribution in [0, 0.1) is 0 Å². The fraction of sp³-hybridized carbons (Fsp3) is 0.350. The third-order valence-corrected chi connectivity index (χ3v) is 6.84. The second-order valence-electron chi connectivity index (χ2n) is 6.92. The number of allylic oxidation sites excluding steroid dienone is 3. The van der Waals surface area contributed by atoms with Crippen molar-refractivity contribution in [2.75, 3.05) is 7.11 Å². The Morgan fingerprint density at radius 2 is 1.96 bits per heavy atom. The lowest BCUT2D eigenvalue weighted by Gasteiger charge is -2.13. The van der Waals surface area contributed by atoms with Gasteiger partial charge in [-0.15, -0.1) is 4.70 Å². The molecule has 3 aliphatic heterocycles. The first-order valence-electron chi connectivity index (χ1n) is 8.98. The SMILES string of the molecule is COC(=O)CC1=CC(c2ccc(Cl)cc2)=[N+]2C(C)=C(C)SC2C2C(C)=NN=[N+]12. The van der Waals surface area contributed by atoms with Gasteiger partial charge < -0.3 is 4.74 Å². The summed E-state index contributed by atoms with van der Waals surface area (Å²) in [6.45, 7) is 6.25. The van der Waals surface area contributed by atoms with E-state index in [2.05, 4.69) is 28.7 Å². The van der Waals surface area contributed by atoms with Gasteiger partial charge in [0, 0.05) is 24.4 Å². The Morgan fingerprint density at radius 1 is 1.25 bits per heavy atom. The van der Waals surface area contributed by atoms with Gasteiger partial charge in [0.25, 0.3) is 11.4 Å². The normalized spacial score (nSPS) is 23.7. The smallest absolute Gasteiger partial charge is 0.313 e. The molecule has 0 fully saturated rings. The highest BCUT2D eigenvalue weighted by atomic mass is 35.5. The van der Waals surface area contributed by atoms with Gasteiger partial charge in [-0.25, -0.2) is 0 Å². The van der Waals surface area contributed by atoms with Gasteiger partial charge in [0.05, 0.1) is 23.2 Å². The Hall–Kier alpha value is -2.25. The molecule has 2 unspecified atom stereocenters. The van der Waals surface area contributed by atoms with E-state index >= 15 is 0 Å². The number of rotatable bonds is 3. The highest BCUT2D eigenvalue weighted by Gasteiger charge is 2.54. The standard InChI is InChI=1S/C20H21ClN4O2S/c1-11-19-20-24(12(2)13(3)28-20)17(14-5-7-15(21)8-6-14)9-16(10-18(26)27-4)25(19)23-22-11/h5-9,19-20H,10H2,1-4H3/q+2. The van der Waals surface area contributed by atoms with Gasteiger partial charge in [-0.2, -0.15) is 4.58 Å². The number of halogens is 1. The van der Waals surface area contributed by atoms with Crippen LogP contribution < -0.4 is 0 Å². The van der Waals surface area contributed by atoms with Crippen LogP contribution in [0.5, 0.6) is 0 Å². The van der Waals surface area contributed by atoms with E-state index in [1.165, 1.54) is 17.7 Å². The van der Waals surface area contributed by atoms with Crippen LogP contribution in [0.2, 0.25) is 5.02 Å². The summed E-state index contributed by atoms with van der Waals surface area (Å²) in [5.74, 6) is -0.307. The monoisotopic (exact) mass is 416 g/mol. The molecule has 1 aromatic carbocycles. The van der Waals surface area contributed by atoms with Crippen molar-refractivity contribution in [2.45, 2.75) is 38.6 Å².